The lowest BCUT2D eigenvalue weighted by molar-refractivity contribution is 0.201. The molecule has 5 nitrogen and oxygen atoms in total. The highest BCUT2D eigenvalue weighted by Gasteiger charge is 2.35. The molecule has 2 fully saturated rings. The van der Waals surface area contributed by atoms with Gasteiger partial charge in [0.15, 0.2) is 5.69 Å². The van der Waals surface area contributed by atoms with E-state index in [0.717, 1.165) is 36.9 Å². The minimum Gasteiger partial charge on any atom is -0.355 e. The molecule has 1 N–H and O–H groups in total. The van der Waals surface area contributed by atoms with E-state index in [9.17, 15) is 5.26 Å². The van der Waals surface area contributed by atoms with Crippen molar-refractivity contribution in [2.75, 3.05) is 31.1 Å². The van der Waals surface area contributed by atoms with Crippen LogP contribution in [0.1, 0.15) is 48.9 Å². The normalized spacial score (nSPS) is 19.0. The Balaban J connectivity index is 1.49. The molecular formula is C23H29N5S. The molecule has 0 atom stereocenters. The van der Waals surface area contributed by atoms with Gasteiger partial charge in [0.2, 0.25) is 0 Å². The van der Waals surface area contributed by atoms with Crippen molar-refractivity contribution in [1.29, 1.82) is 5.26 Å². The van der Waals surface area contributed by atoms with Gasteiger partial charge in [-0.15, -0.1) is 0 Å². The van der Waals surface area contributed by atoms with E-state index in [0.29, 0.717) is 16.1 Å². The summed E-state index contributed by atoms with van der Waals surface area (Å²) in [6.07, 6.45) is 8.16. The van der Waals surface area contributed by atoms with Crippen LogP contribution in [0.25, 0.3) is 0 Å². The first kappa shape index (κ1) is 20.2. The topological polar surface area (TPSA) is 64.8 Å². The molecule has 2 aromatic rings. The van der Waals surface area contributed by atoms with Crippen LogP contribution in [0.15, 0.2) is 34.3 Å². The third-order valence-corrected chi connectivity index (χ3v) is 7.71. The number of benzene rings is 1. The zero-order valence-corrected chi connectivity index (χ0v) is 18.2. The van der Waals surface area contributed by atoms with Crippen molar-refractivity contribution < 1.29 is 0 Å². The highest BCUT2D eigenvalue weighted by molar-refractivity contribution is 7.99. The van der Waals surface area contributed by atoms with Crippen LogP contribution in [0.2, 0.25) is 0 Å². The Morgan fingerprint density at radius 3 is 2.79 bits per heavy atom. The number of nitrogens with zero attached hydrogens (tertiary/aromatic N) is 4. The molecule has 0 amide bonds. The van der Waals surface area contributed by atoms with Crippen molar-refractivity contribution >= 4 is 17.6 Å². The van der Waals surface area contributed by atoms with Crippen LogP contribution in [0.5, 0.6) is 0 Å². The Morgan fingerprint density at radius 1 is 1.17 bits per heavy atom. The molecule has 1 aromatic heterocycles. The second kappa shape index (κ2) is 8.73. The maximum absolute atomic E-state index is 9.68. The van der Waals surface area contributed by atoms with Gasteiger partial charge in [-0.3, -0.25) is 0 Å². The third-order valence-electron chi connectivity index (χ3n) is 6.55. The minimum absolute atomic E-state index is 0.421. The van der Waals surface area contributed by atoms with E-state index in [4.69, 9.17) is 0 Å². The number of piperidine rings is 1. The number of rotatable bonds is 3. The fourth-order valence-corrected chi connectivity index (χ4v) is 5.40. The predicted molar refractivity (Wildman–Crippen MR) is 117 cm³/mol. The van der Waals surface area contributed by atoms with Gasteiger partial charge in [-0.25, -0.2) is 9.97 Å². The third kappa shape index (κ3) is 4.41. The summed E-state index contributed by atoms with van der Waals surface area (Å²) < 4.78 is 0. The van der Waals surface area contributed by atoms with E-state index < -0.39 is 0 Å². The van der Waals surface area contributed by atoms with E-state index in [2.05, 4.69) is 52.2 Å². The van der Waals surface area contributed by atoms with Crippen molar-refractivity contribution in [2.45, 2.75) is 55.9 Å². The summed E-state index contributed by atoms with van der Waals surface area (Å²) in [6.45, 7) is 8.49. The molecule has 152 valence electrons. The Morgan fingerprint density at radius 2 is 2.00 bits per heavy atom. The average Bonchev–Trinajstić information content (AvgIpc) is 2.98. The Bertz CT molecular complexity index is 902. The van der Waals surface area contributed by atoms with Crippen LogP contribution in [0, 0.1) is 30.6 Å². The zero-order valence-electron chi connectivity index (χ0n) is 17.4. The maximum atomic E-state index is 9.68. The van der Waals surface area contributed by atoms with Gasteiger partial charge in [-0.05, 0) is 68.7 Å². The van der Waals surface area contributed by atoms with Crippen LogP contribution >= 0.6 is 11.8 Å². The maximum Gasteiger partial charge on any atom is 0.175 e. The largest absolute Gasteiger partial charge is 0.355 e. The number of anilines is 1. The molecule has 0 bridgehead atoms. The summed E-state index contributed by atoms with van der Waals surface area (Å²) in [6, 6.07) is 8.49. The Hall–Kier alpha value is -2.10. The summed E-state index contributed by atoms with van der Waals surface area (Å²) in [7, 11) is 0. The molecule has 0 radical (unpaired) electrons. The van der Waals surface area contributed by atoms with E-state index in [-0.39, 0.29) is 0 Å². The first-order valence-electron chi connectivity index (χ1n) is 10.6. The smallest absolute Gasteiger partial charge is 0.175 e. The number of nitrogens with one attached hydrogen (secondary N) is 1. The van der Waals surface area contributed by atoms with Gasteiger partial charge in [0, 0.05) is 24.5 Å². The van der Waals surface area contributed by atoms with Gasteiger partial charge in [0.05, 0.1) is 6.20 Å². The lowest BCUT2D eigenvalue weighted by Gasteiger charge is -2.41. The van der Waals surface area contributed by atoms with Crippen molar-refractivity contribution in [3.63, 3.8) is 0 Å². The lowest BCUT2D eigenvalue weighted by Crippen LogP contribution is -2.44. The van der Waals surface area contributed by atoms with Crippen LogP contribution in [0.4, 0.5) is 5.82 Å². The van der Waals surface area contributed by atoms with E-state index >= 15 is 0 Å². The molecule has 0 aliphatic carbocycles. The van der Waals surface area contributed by atoms with Gasteiger partial charge >= 0.3 is 0 Å². The first-order chi connectivity index (χ1) is 14.1. The van der Waals surface area contributed by atoms with Crippen LogP contribution < -0.4 is 10.2 Å². The summed E-state index contributed by atoms with van der Waals surface area (Å²) in [5.74, 6) is 0.836. The SMILES string of the molecule is Cc1cccc(Sc2ncc(N3CCC4(CCCCNC4)CC3)nc2C#N)c1C. The molecule has 0 unspecified atom stereocenters. The van der Waals surface area contributed by atoms with E-state index in [1.807, 2.05) is 12.3 Å². The molecule has 2 aliphatic rings. The number of aryl methyl sites for hydroxylation is 1. The van der Waals surface area contributed by atoms with E-state index in [1.165, 1.54) is 55.0 Å². The molecule has 0 saturated carbocycles. The standard InChI is InChI=1S/C23H29N5S/c1-17-6-5-7-20(18(17)2)29-22-19(14-24)27-21(15-26-22)28-12-9-23(10-13-28)8-3-4-11-25-16-23/h5-7,15,25H,3-4,8-13,16H2,1-2H3. The molecule has 2 aliphatic heterocycles. The van der Waals surface area contributed by atoms with Gasteiger partial charge < -0.3 is 10.2 Å². The second-order valence-electron chi connectivity index (χ2n) is 8.41. The molecular weight excluding hydrogens is 378 g/mol. The fourth-order valence-electron chi connectivity index (χ4n) is 4.44. The van der Waals surface area contributed by atoms with Crippen LogP contribution in [-0.2, 0) is 0 Å². The quantitative estimate of drug-likeness (QED) is 0.809. The molecule has 1 spiro atoms. The number of hydrogen-bond acceptors (Lipinski definition) is 6. The molecule has 3 heterocycles. The average molecular weight is 408 g/mol. The lowest BCUT2D eigenvalue weighted by atomic mass is 9.75. The summed E-state index contributed by atoms with van der Waals surface area (Å²) >= 11 is 1.53. The highest BCUT2D eigenvalue weighted by atomic mass is 32.2. The summed E-state index contributed by atoms with van der Waals surface area (Å²) in [5, 5.41) is 14.0. The molecule has 1 aromatic carbocycles. The van der Waals surface area contributed by atoms with Gasteiger partial charge in [-0.2, -0.15) is 5.26 Å². The molecule has 2 saturated heterocycles. The number of hydrogen-bond donors (Lipinski definition) is 1. The summed E-state index contributed by atoms with van der Waals surface area (Å²) in [5.41, 5.74) is 3.33. The van der Waals surface area contributed by atoms with E-state index in [1.54, 1.807) is 0 Å². The molecule has 29 heavy (non-hydrogen) atoms. The van der Waals surface area contributed by atoms with Crippen molar-refractivity contribution in [2.24, 2.45) is 5.41 Å². The van der Waals surface area contributed by atoms with Crippen LogP contribution in [-0.4, -0.2) is 36.1 Å². The number of aromatic nitrogens is 2. The second-order valence-corrected chi connectivity index (χ2v) is 9.45. The van der Waals surface area contributed by atoms with Crippen molar-refractivity contribution in [3.05, 3.63) is 41.2 Å². The number of nitriles is 1. The molecule has 4 rings (SSSR count). The monoisotopic (exact) mass is 407 g/mol. The molecule has 6 heteroatoms. The van der Waals surface area contributed by atoms with Gasteiger partial charge in [0.25, 0.3) is 0 Å². The fraction of sp³-hybridized carbons (Fsp3) is 0.522. The first-order valence-corrected chi connectivity index (χ1v) is 11.4. The minimum atomic E-state index is 0.421. The predicted octanol–water partition coefficient (Wildman–Crippen LogP) is 4.48. The van der Waals surface area contributed by atoms with Crippen molar-refractivity contribution in [3.8, 4) is 6.07 Å². The summed E-state index contributed by atoms with van der Waals surface area (Å²) in [4.78, 5) is 12.7. The zero-order chi connectivity index (χ0) is 20.3. The Kier molecular flexibility index (Phi) is 6.07. The Labute approximate surface area is 177 Å². The van der Waals surface area contributed by atoms with Gasteiger partial charge in [-0.1, -0.05) is 30.3 Å². The highest BCUT2D eigenvalue weighted by Crippen LogP contribution is 2.38. The van der Waals surface area contributed by atoms with Crippen molar-refractivity contribution in [1.82, 2.24) is 15.3 Å². The van der Waals surface area contributed by atoms with Gasteiger partial charge in [0.1, 0.15) is 16.9 Å². The van der Waals surface area contributed by atoms with Crippen LogP contribution in [0.3, 0.4) is 0 Å².